The number of nitrogens with zero attached hydrogens (tertiary/aromatic N) is 1. The van der Waals surface area contributed by atoms with E-state index >= 15 is 0 Å². The number of carbonyl (C=O) groups excluding carboxylic acids is 1. The number of hydrazone groups is 1. The normalized spacial score (nSPS) is 28.3. The molecule has 2 N–H and O–H groups in total. The van der Waals surface area contributed by atoms with Crippen LogP contribution in [0.15, 0.2) is 29.4 Å². The van der Waals surface area contributed by atoms with Crippen molar-refractivity contribution in [3.63, 3.8) is 0 Å². The highest BCUT2D eigenvalue weighted by molar-refractivity contribution is 7.85. The maximum absolute atomic E-state index is 12.5. The van der Waals surface area contributed by atoms with Crippen LogP contribution in [0, 0.1) is 16.7 Å². The van der Waals surface area contributed by atoms with Gasteiger partial charge in [-0.15, -0.1) is 0 Å². The molecule has 1 amide bonds. The van der Waals surface area contributed by atoms with E-state index in [2.05, 4.69) is 10.5 Å². The van der Waals surface area contributed by atoms with E-state index in [1.165, 1.54) is 7.11 Å². The summed E-state index contributed by atoms with van der Waals surface area (Å²) in [5.74, 6) is -0.0674. The first-order valence-electron chi connectivity index (χ1n) is 8.56. The molecule has 0 aromatic heterocycles. The Morgan fingerprint density at radius 2 is 2.08 bits per heavy atom. The Morgan fingerprint density at radius 1 is 1.38 bits per heavy atom. The van der Waals surface area contributed by atoms with Crippen molar-refractivity contribution in [1.82, 2.24) is 5.43 Å². The summed E-state index contributed by atoms with van der Waals surface area (Å²) in [5, 5.41) is 4.30. The van der Waals surface area contributed by atoms with E-state index in [1.54, 1.807) is 24.3 Å². The predicted molar refractivity (Wildman–Crippen MR) is 97.9 cm³/mol. The Kier molecular flexibility index (Phi) is 4.60. The van der Waals surface area contributed by atoms with Crippen LogP contribution in [0.5, 0.6) is 5.75 Å². The third-order valence-electron chi connectivity index (χ3n) is 6.24. The highest BCUT2D eigenvalue weighted by Crippen LogP contribution is 2.64. The van der Waals surface area contributed by atoms with Crippen molar-refractivity contribution in [2.45, 2.75) is 33.1 Å². The molecule has 0 spiro atoms. The number of hydrogen-bond acceptors (Lipinski definition) is 5. The molecule has 1 aromatic carbocycles. The molecule has 2 aliphatic carbocycles. The molecular weight excluding hydrogens is 356 g/mol. The van der Waals surface area contributed by atoms with Gasteiger partial charge in [0.05, 0.1) is 18.4 Å². The van der Waals surface area contributed by atoms with Gasteiger partial charge in [-0.3, -0.25) is 9.35 Å². The van der Waals surface area contributed by atoms with Gasteiger partial charge in [0.25, 0.3) is 16.0 Å². The minimum absolute atomic E-state index is 0.283. The molecule has 26 heavy (non-hydrogen) atoms. The average molecular weight is 380 g/mol. The summed E-state index contributed by atoms with van der Waals surface area (Å²) in [5.41, 5.74) is 2.47. The lowest BCUT2D eigenvalue weighted by molar-refractivity contribution is 0.0951. The third-order valence-corrected chi connectivity index (χ3v) is 7.10. The zero-order valence-electron chi connectivity index (χ0n) is 15.2. The van der Waals surface area contributed by atoms with Gasteiger partial charge in [0, 0.05) is 11.1 Å². The molecule has 2 saturated carbocycles. The molecule has 2 atom stereocenters. The van der Waals surface area contributed by atoms with Gasteiger partial charge in [-0.25, -0.2) is 5.43 Å². The number of fused-ring (bicyclic) bond motifs is 2. The number of hydrogen-bond donors (Lipinski definition) is 2. The van der Waals surface area contributed by atoms with Crippen molar-refractivity contribution in [2.24, 2.45) is 21.8 Å². The molecule has 1 aromatic rings. The van der Waals surface area contributed by atoms with Gasteiger partial charge < -0.3 is 4.74 Å². The molecule has 0 heterocycles. The van der Waals surface area contributed by atoms with E-state index in [4.69, 9.17) is 4.74 Å². The van der Waals surface area contributed by atoms with Crippen LogP contribution in [-0.2, 0) is 10.1 Å². The van der Waals surface area contributed by atoms with Crippen LogP contribution < -0.4 is 10.2 Å². The second-order valence-electron chi connectivity index (χ2n) is 7.67. The Hall–Kier alpha value is -1.93. The maximum Gasteiger partial charge on any atom is 0.275 e. The van der Waals surface area contributed by atoms with Crippen molar-refractivity contribution in [1.29, 1.82) is 0 Å². The zero-order chi connectivity index (χ0) is 19.2. The molecule has 7 nitrogen and oxygen atoms in total. The van der Waals surface area contributed by atoms with Gasteiger partial charge in [-0.05, 0) is 42.7 Å². The first-order chi connectivity index (χ1) is 12.1. The van der Waals surface area contributed by atoms with Crippen LogP contribution in [0.25, 0.3) is 0 Å². The van der Waals surface area contributed by atoms with Crippen molar-refractivity contribution in [2.75, 3.05) is 12.9 Å². The Morgan fingerprint density at radius 3 is 2.69 bits per heavy atom. The summed E-state index contributed by atoms with van der Waals surface area (Å²) in [6.45, 7) is 4.03. The molecular formula is C18H24N2O5S. The summed E-state index contributed by atoms with van der Waals surface area (Å²) in [4.78, 5) is 12.5. The number of carbonyl (C=O) groups is 1. The summed E-state index contributed by atoms with van der Waals surface area (Å²) in [6.07, 6.45) is 2.14. The van der Waals surface area contributed by atoms with Crippen molar-refractivity contribution < 1.29 is 22.5 Å². The maximum atomic E-state index is 12.5. The quantitative estimate of drug-likeness (QED) is 0.603. The van der Waals surface area contributed by atoms with E-state index in [9.17, 15) is 17.8 Å². The smallest absolute Gasteiger partial charge is 0.275 e. The van der Waals surface area contributed by atoms with Crippen LogP contribution in [0.4, 0.5) is 0 Å². The largest absolute Gasteiger partial charge is 0.496 e. The number of nitrogens with one attached hydrogen (secondary N) is 1. The molecule has 0 aliphatic heterocycles. The van der Waals surface area contributed by atoms with Crippen molar-refractivity contribution in [3.05, 3.63) is 29.8 Å². The van der Waals surface area contributed by atoms with Gasteiger partial charge in [0.2, 0.25) is 0 Å². The molecule has 142 valence electrons. The van der Waals surface area contributed by atoms with E-state index in [0.29, 0.717) is 29.9 Å². The monoisotopic (exact) mass is 380 g/mol. The summed E-state index contributed by atoms with van der Waals surface area (Å²) in [7, 11) is -2.69. The first kappa shape index (κ1) is 18.8. The van der Waals surface area contributed by atoms with Gasteiger partial charge in [-0.1, -0.05) is 26.0 Å². The van der Waals surface area contributed by atoms with Gasteiger partial charge in [0.15, 0.2) is 0 Å². The molecule has 2 aliphatic rings. The standard InChI is InChI=1S/C18H24N2O5S/c1-17(2)12-8-9-18(17,11-26(22,23)24)15(10-12)19-20-16(21)13-6-4-5-7-14(13)25-3/h4-7,12H,8-11H2,1-3H3,(H,20,21)(H,22,23,24). The van der Waals surface area contributed by atoms with Gasteiger partial charge >= 0.3 is 0 Å². The second-order valence-corrected chi connectivity index (χ2v) is 9.12. The highest BCUT2D eigenvalue weighted by atomic mass is 32.2. The van der Waals surface area contributed by atoms with Crippen molar-refractivity contribution in [3.8, 4) is 5.75 Å². The number of amides is 1. The van der Waals surface area contributed by atoms with Crippen LogP contribution in [0.2, 0.25) is 0 Å². The molecule has 8 heteroatoms. The summed E-state index contributed by atoms with van der Waals surface area (Å²) >= 11 is 0. The highest BCUT2D eigenvalue weighted by Gasteiger charge is 2.64. The fourth-order valence-electron chi connectivity index (χ4n) is 4.61. The summed E-state index contributed by atoms with van der Waals surface area (Å²) in [6, 6.07) is 6.81. The first-order valence-corrected chi connectivity index (χ1v) is 10.2. The number of para-hydroxylation sites is 1. The lowest BCUT2D eigenvalue weighted by atomic mass is 9.70. The number of benzene rings is 1. The van der Waals surface area contributed by atoms with Gasteiger partial charge in [0.1, 0.15) is 5.75 Å². The van der Waals surface area contributed by atoms with Crippen LogP contribution >= 0.6 is 0 Å². The molecule has 3 rings (SSSR count). The predicted octanol–water partition coefficient (Wildman–Crippen LogP) is 2.50. The Bertz CT molecular complexity index is 862. The Labute approximate surface area is 153 Å². The molecule has 0 saturated heterocycles. The number of rotatable bonds is 5. The lowest BCUT2D eigenvalue weighted by Crippen LogP contribution is -2.43. The van der Waals surface area contributed by atoms with Crippen molar-refractivity contribution >= 4 is 21.7 Å². The minimum Gasteiger partial charge on any atom is -0.496 e. The second kappa shape index (κ2) is 6.35. The topological polar surface area (TPSA) is 105 Å². The summed E-state index contributed by atoms with van der Waals surface area (Å²) < 4.78 is 38.0. The van der Waals surface area contributed by atoms with E-state index < -0.39 is 21.4 Å². The molecule has 2 bridgehead atoms. The third kappa shape index (κ3) is 3.01. The van der Waals surface area contributed by atoms with E-state index in [-0.39, 0.29) is 17.1 Å². The lowest BCUT2D eigenvalue weighted by Gasteiger charge is -2.37. The number of ether oxygens (including phenoxy) is 1. The fraction of sp³-hybridized carbons (Fsp3) is 0.556. The van der Waals surface area contributed by atoms with Crippen LogP contribution in [-0.4, -0.2) is 37.5 Å². The molecule has 2 fully saturated rings. The minimum atomic E-state index is -4.17. The zero-order valence-corrected chi connectivity index (χ0v) is 16.0. The SMILES string of the molecule is COc1ccccc1C(=O)NN=C1CC2CCC1(CS(=O)(=O)O)C2(C)C. The molecule has 0 radical (unpaired) electrons. The molecule has 2 unspecified atom stereocenters. The Balaban J connectivity index is 1.90. The fourth-order valence-corrected chi connectivity index (χ4v) is 5.92. The average Bonchev–Trinajstić information content (AvgIpc) is 2.92. The van der Waals surface area contributed by atoms with E-state index in [1.807, 2.05) is 13.8 Å². The van der Waals surface area contributed by atoms with E-state index in [0.717, 1.165) is 6.42 Å². The van der Waals surface area contributed by atoms with Crippen LogP contribution in [0.3, 0.4) is 0 Å². The van der Waals surface area contributed by atoms with Gasteiger partial charge in [-0.2, -0.15) is 13.5 Å². The number of methoxy groups -OCH3 is 1. The van der Waals surface area contributed by atoms with Crippen LogP contribution in [0.1, 0.15) is 43.5 Å².